The van der Waals surface area contributed by atoms with Gasteiger partial charge in [-0.3, -0.25) is 0 Å². The topological polar surface area (TPSA) is 23.5 Å². The summed E-state index contributed by atoms with van der Waals surface area (Å²) in [7, 11) is 0. The average Bonchev–Trinajstić information content (AvgIpc) is 2.20. The number of aliphatic hydroxyl groups is 1. The number of rotatable bonds is 5. The predicted octanol–water partition coefficient (Wildman–Crippen LogP) is 1.79. The zero-order chi connectivity index (χ0) is 10.4. The van der Waals surface area contributed by atoms with E-state index in [0.717, 1.165) is 37.6 Å². The molecule has 1 N–H and O–H groups in total. The van der Waals surface area contributed by atoms with Crippen LogP contribution in [-0.2, 0) is 0 Å². The van der Waals surface area contributed by atoms with Gasteiger partial charge in [0.05, 0.1) is 6.10 Å². The highest BCUT2D eigenvalue weighted by Crippen LogP contribution is 2.15. The largest absolute Gasteiger partial charge is 0.393 e. The van der Waals surface area contributed by atoms with Gasteiger partial charge in [0, 0.05) is 19.6 Å². The van der Waals surface area contributed by atoms with Crippen LogP contribution in [0.1, 0.15) is 32.6 Å². The molecule has 0 spiro atoms. The molecule has 1 aliphatic heterocycles. The summed E-state index contributed by atoms with van der Waals surface area (Å²) in [6, 6.07) is 0. The quantitative estimate of drug-likeness (QED) is 0.686. The second-order valence-corrected chi connectivity index (χ2v) is 4.73. The molecule has 1 saturated heterocycles. The molecular formula is C11H23NOS. The lowest BCUT2D eigenvalue weighted by Crippen LogP contribution is -2.39. The molecule has 1 unspecified atom stereocenters. The smallest absolute Gasteiger partial charge is 0.0564 e. The van der Waals surface area contributed by atoms with E-state index in [9.17, 15) is 5.11 Å². The minimum Gasteiger partial charge on any atom is -0.393 e. The van der Waals surface area contributed by atoms with Gasteiger partial charge in [-0.1, -0.05) is 13.3 Å². The fraction of sp³-hybridized carbons (Fsp3) is 1.00. The average molecular weight is 217 g/mol. The van der Waals surface area contributed by atoms with Crippen LogP contribution in [0, 0.1) is 5.92 Å². The molecule has 0 aliphatic carbocycles. The number of hydrogen-bond acceptors (Lipinski definition) is 3. The minimum atomic E-state index is -0.0492. The first-order valence-corrected chi connectivity index (χ1v) is 6.40. The van der Waals surface area contributed by atoms with Gasteiger partial charge >= 0.3 is 0 Å². The maximum atomic E-state index is 9.38. The van der Waals surface area contributed by atoms with E-state index in [4.69, 9.17) is 0 Å². The highest BCUT2D eigenvalue weighted by Gasteiger charge is 2.19. The van der Waals surface area contributed by atoms with Gasteiger partial charge in [-0.25, -0.2) is 0 Å². The van der Waals surface area contributed by atoms with Crippen molar-refractivity contribution in [2.75, 3.05) is 25.4 Å². The lowest BCUT2D eigenvalue weighted by Gasteiger charge is -2.32. The van der Waals surface area contributed by atoms with Crippen LogP contribution in [0.15, 0.2) is 0 Å². The fourth-order valence-electron chi connectivity index (χ4n) is 2.12. The summed E-state index contributed by atoms with van der Waals surface area (Å²) in [5.41, 5.74) is 0. The van der Waals surface area contributed by atoms with Crippen LogP contribution in [0.3, 0.4) is 0 Å². The summed E-state index contributed by atoms with van der Waals surface area (Å²) in [6.45, 7) is 5.53. The molecule has 1 aliphatic rings. The maximum Gasteiger partial charge on any atom is 0.0564 e. The van der Waals surface area contributed by atoms with Gasteiger partial charge in [0.25, 0.3) is 0 Å². The van der Waals surface area contributed by atoms with E-state index >= 15 is 0 Å². The van der Waals surface area contributed by atoms with Gasteiger partial charge < -0.3 is 10.0 Å². The third kappa shape index (κ3) is 4.20. The highest BCUT2D eigenvalue weighted by molar-refractivity contribution is 7.80. The Kier molecular flexibility index (Phi) is 5.90. The van der Waals surface area contributed by atoms with E-state index in [1.54, 1.807) is 0 Å². The van der Waals surface area contributed by atoms with Gasteiger partial charge in [0.2, 0.25) is 0 Å². The Labute approximate surface area is 93.1 Å². The van der Waals surface area contributed by atoms with E-state index in [0.29, 0.717) is 0 Å². The summed E-state index contributed by atoms with van der Waals surface area (Å²) in [5, 5.41) is 9.38. The van der Waals surface area contributed by atoms with Gasteiger partial charge in [0.1, 0.15) is 0 Å². The summed E-state index contributed by atoms with van der Waals surface area (Å²) in [4.78, 5) is 2.48. The molecule has 14 heavy (non-hydrogen) atoms. The Bertz CT molecular complexity index is 146. The van der Waals surface area contributed by atoms with Crippen LogP contribution < -0.4 is 0 Å². The summed E-state index contributed by atoms with van der Waals surface area (Å²) in [5.74, 6) is 1.73. The first-order valence-electron chi connectivity index (χ1n) is 5.77. The Balaban J connectivity index is 2.21. The Morgan fingerprint density at radius 1 is 1.43 bits per heavy atom. The SMILES string of the molecule is CCCC(CS)CN1CCC(O)CC1. The normalized spacial score (nSPS) is 22.5. The Morgan fingerprint density at radius 2 is 2.07 bits per heavy atom. The zero-order valence-corrected chi connectivity index (χ0v) is 10.0. The van der Waals surface area contributed by atoms with Crippen LogP contribution in [0.4, 0.5) is 0 Å². The molecule has 0 radical (unpaired) electrons. The molecular weight excluding hydrogens is 194 g/mol. The van der Waals surface area contributed by atoms with Crippen molar-refractivity contribution in [1.29, 1.82) is 0 Å². The first kappa shape index (κ1) is 12.3. The maximum absolute atomic E-state index is 9.38. The first-order chi connectivity index (χ1) is 6.76. The Hall–Kier alpha value is 0.270. The Morgan fingerprint density at radius 3 is 2.57 bits per heavy atom. The summed E-state index contributed by atoms with van der Waals surface area (Å²) < 4.78 is 0. The monoisotopic (exact) mass is 217 g/mol. The molecule has 1 heterocycles. The molecule has 0 aromatic carbocycles. The van der Waals surface area contributed by atoms with Crippen molar-refractivity contribution in [3.63, 3.8) is 0 Å². The summed E-state index contributed by atoms with van der Waals surface area (Å²) >= 11 is 4.39. The van der Waals surface area contributed by atoms with E-state index in [1.807, 2.05) is 0 Å². The molecule has 1 atom stereocenters. The lowest BCUT2D eigenvalue weighted by molar-refractivity contribution is 0.0757. The molecule has 0 saturated carbocycles. The van der Waals surface area contributed by atoms with Gasteiger partial charge in [-0.15, -0.1) is 0 Å². The van der Waals surface area contributed by atoms with Crippen molar-refractivity contribution < 1.29 is 5.11 Å². The molecule has 0 amide bonds. The van der Waals surface area contributed by atoms with E-state index < -0.39 is 0 Å². The lowest BCUT2D eigenvalue weighted by atomic mass is 10.0. The van der Waals surface area contributed by atoms with Crippen LogP contribution in [-0.4, -0.2) is 41.5 Å². The molecule has 0 aromatic rings. The highest BCUT2D eigenvalue weighted by atomic mass is 32.1. The van der Waals surface area contributed by atoms with Crippen molar-refractivity contribution in [3.05, 3.63) is 0 Å². The van der Waals surface area contributed by atoms with Crippen molar-refractivity contribution in [1.82, 2.24) is 4.90 Å². The van der Waals surface area contributed by atoms with Crippen LogP contribution in [0.25, 0.3) is 0 Å². The fourth-order valence-corrected chi connectivity index (χ4v) is 2.41. The van der Waals surface area contributed by atoms with Crippen LogP contribution in [0.2, 0.25) is 0 Å². The van der Waals surface area contributed by atoms with Crippen molar-refractivity contribution in [2.45, 2.75) is 38.7 Å². The summed E-state index contributed by atoms with van der Waals surface area (Å²) in [6.07, 6.45) is 4.38. The van der Waals surface area contributed by atoms with Gasteiger partial charge in [0.15, 0.2) is 0 Å². The molecule has 1 rings (SSSR count). The van der Waals surface area contributed by atoms with Gasteiger partial charge in [-0.05, 0) is 30.9 Å². The number of likely N-dealkylation sites (tertiary alicyclic amines) is 1. The van der Waals surface area contributed by atoms with Gasteiger partial charge in [-0.2, -0.15) is 12.6 Å². The van der Waals surface area contributed by atoms with Crippen molar-refractivity contribution in [2.24, 2.45) is 5.92 Å². The number of nitrogens with zero attached hydrogens (tertiary/aromatic N) is 1. The van der Waals surface area contributed by atoms with E-state index in [-0.39, 0.29) is 6.10 Å². The zero-order valence-electron chi connectivity index (χ0n) is 9.15. The predicted molar refractivity (Wildman–Crippen MR) is 63.9 cm³/mol. The number of thiol groups is 1. The molecule has 3 heteroatoms. The molecule has 0 aromatic heterocycles. The van der Waals surface area contributed by atoms with E-state index in [1.165, 1.54) is 19.4 Å². The minimum absolute atomic E-state index is 0.0492. The second kappa shape index (κ2) is 6.70. The standard InChI is InChI=1S/C11H23NOS/c1-2-3-10(9-14)8-12-6-4-11(13)5-7-12/h10-11,13-14H,2-9H2,1H3. The molecule has 2 nitrogen and oxygen atoms in total. The third-order valence-corrected chi connectivity index (χ3v) is 3.55. The van der Waals surface area contributed by atoms with Crippen molar-refractivity contribution >= 4 is 12.6 Å². The molecule has 1 fully saturated rings. The number of piperidine rings is 1. The number of hydrogen-bond donors (Lipinski definition) is 2. The molecule has 0 bridgehead atoms. The number of aliphatic hydroxyl groups excluding tert-OH is 1. The van der Waals surface area contributed by atoms with Crippen LogP contribution in [0.5, 0.6) is 0 Å². The molecule has 84 valence electrons. The van der Waals surface area contributed by atoms with Crippen LogP contribution >= 0.6 is 12.6 Å². The third-order valence-electron chi connectivity index (χ3n) is 3.03. The van der Waals surface area contributed by atoms with E-state index in [2.05, 4.69) is 24.5 Å². The second-order valence-electron chi connectivity index (χ2n) is 4.37. The van der Waals surface area contributed by atoms with Crippen molar-refractivity contribution in [3.8, 4) is 0 Å².